The molecule has 0 aromatic heterocycles. The molecular weight excluding hydrogens is 270 g/mol. The SMILES string of the molecule is CCOC(=O)C=Cc1cccc(NC(=O)OC(C)(C)C)c1. The van der Waals surface area contributed by atoms with E-state index < -0.39 is 17.7 Å². The van der Waals surface area contributed by atoms with Gasteiger partial charge in [0.05, 0.1) is 6.61 Å². The second-order valence-electron chi connectivity index (χ2n) is 5.34. The van der Waals surface area contributed by atoms with Crippen molar-refractivity contribution < 1.29 is 19.1 Å². The third kappa shape index (κ3) is 7.15. The fourth-order valence-electron chi connectivity index (χ4n) is 1.50. The van der Waals surface area contributed by atoms with Gasteiger partial charge in [-0.05, 0) is 51.5 Å². The van der Waals surface area contributed by atoms with E-state index in [2.05, 4.69) is 5.32 Å². The second kappa shape index (κ2) is 7.47. The van der Waals surface area contributed by atoms with Crippen LogP contribution in [0.3, 0.4) is 0 Å². The van der Waals surface area contributed by atoms with E-state index in [9.17, 15) is 9.59 Å². The van der Waals surface area contributed by atoms with Gasteiger partial charge < -0.3 is 9.47 Å². The summed E-state index contributed by atoms with van der Waals surface area (Å²) in [5, 5.41) is 2.64. The Morgan fingerprint density at radius 3 is 2.62 bits per heavy atom. The van der Waals surface area contributed by atoms with Crippen molar-refractivity contribution in [3.05, 3.63) is 35.9 Å². The normalized spacial score (nSPS) is 11.2. The van der Waals surface area contributed by atoms with Gasteiger partial charge in [-0.15, -0.1) is 0 Å². The molecule has 0 saturated carbocycles. The van der Waals surface area contributed by atoms with Gasteiger partial charge in [-0.2, -0.15) is 0 Å². The fraction of sp³-hybridized carbons (Fsp3) is 0.375. The van der Waals surface area contributed by atoms with Crippen molar-refractivity contribution in [3.8, 4) is 0 Å². The van der Waals surface area contributed by atoms with E-state index in [1.54, 1.807) is 52.0 Å². The highest BCUT2D eigenvalue weighted by atomic mass is 16.6. The average molecular weight is 291 g/mol. The van der Waals surface area contributed by atoms with E-state index in [0.717, 1.165) is 5.56 Å². The number of esters is 1. The second-order valence-corrected chi connectivity index (χ2v) is 5.34. The van der Waals surface area contributed by atoms with Gasteiger partial charge in [0.15, 0.2) is 0 Å². The van der Waals surface area contributed by atoms with E-state index in [1.165, 1.54) is 6.08 Å². The third-order valence-electron chi connectivity index (χ3n) is 2.23. The maximum Gasteiger partial charge on any atom is 0.412 e. The van der Waals surface area contributed by atoms with Crippen molar-refractivity contribution in [2.24, 2.45) is 0 Å². The Balaban J connectivity index is 2.68. The molecule has 0 saturated heterocycles. The van der Waals surface area contributed by atoms with Crippen LogP contribution in [-0.2, 0) is 14.3 Å². The highest BCUT2D eigenvalue weighted by Crippen LogP contribution is 2.14. The van der Waals surface area contributed by atoms with Crippen LogP contribution in [0.5, 0.6) is 0 Å². The first-order chi connectivity index (χ1) is 9.80. The van der Waals surface area contributed by atoms with Crippen LogP contribution in [0.1, 0.15) is 33.3 Å². The molecule has 1 amide bonds. The number of benzene rings is 1. The Hall–Kier alpha value is -2.30. The van der Waals surface area contributed by atoms with Gasteiger partial charge in [0.1, 0.15) is 5.60 Å². The lowest BCUT2D eigenvalue weighted by atomic mass is 10.2. The van der Waals surface area contributed by atoms with E-state index in [0.29, 0.717) is 12.3 Å². The molecule has 1 N–H and O–H groups in total. The van der Waals surface area contributed by atoms with Crippen LogP contribution < -0.4 is 5.32 Å². The standard InChI is InChI=1S/C16H21NO4/c1-5-20-14(18)10-9-12-7-6-8-13(11-12)17-15(19)21-16(2,3)4/h6-11H,5H2,1-4H3,(H,17,19). The number of hydrogen-bond donors (Lipinski definition) is 1. The van der Waals surface area contributed by atoms with Crippen molar-refractivity contribution in [2.75, 3.05) is 11.9 Å². The highest BCUT2D eigenvalue weighted by molar-refractivity contribution is 5.88. The zero-order chi connectivity index (χ0) is 15.9. The summed E-state index contributed by atoms with van der Waals surface area (Å²) < 4.78 is 9.97. The van der Waals surface area contributed by atoms with Gasteiger partial charge in [0.2, 0.25) is 0 Å². The molecule has 0 fully saturated rings. The molecule has 21 heavy (non-hydrogen) atoms. The third-order valence-corrected chi connectivity index (χ3v) is 2.23. The van der Waals surface area contributed by atoms with Crippen LogP contribution in [0, 0.1) is 0 Å². The minimum absolute atomic E-state index is 0.337. The molecule has 5 nitrogen and oxygen atoms in total. The molecule has 0 atom stereocenters. The average Bonchev–Trinajstić information content (AvgIpc) is 2.35. The van der Waals surface area contributed by atoms with Crippen LogP contribution in [0.4, 0.5) is 10.5 Å². The van der Waals surface area contributed by atoms with Crippen molar-refractivity contribution in [1.29, 1.82) is 0 Å². The summed E-state index contributed by atoms with van der Waals surface area (Å²) in [6, 6.07) is 7.07. The van der Waals surface area contributed by atoms with Gasteiger partial charge in [-0.25, -0.2) is 9.59 Å². The number of rotatable bonds is 4. The van der Waals surface area contributed by atoms with Crippen LogP contribution in [-0.4, -0.2) is 24.3 Å². The molecule has 5 heteroatoms. The Morgan fingerprint density at radius 2 is 2.00 bits per heavy atom. The number of amides is 1. The van der Waals surface area contributed by atoms with Crippen molar-refractivity contribution >= 4 is 23.8 Å². The number of ether oxygens (including phenoxy) is 2. The number of carbonyl (C=O) groups is 2. The fourth-order valence-corrected chi connectivity index (χ4v) is 1.50. The Morgan fingerprint density at radius 1 is 1.29 bits per heavy atom. The first-order valence-electron chi connectivity index (χ1n) is 6.75. The van der Waals surface area contributed by atoms with E-state index >= 15 is 0 Å². The Bertz CT molecular complexity index is 529. The molecule has 0 spiro atoms. The molecule has 0 aliphatic carbocycles. The smallest absolute Gasteiger partial charge is 0.412 e. The van der Waals surface area contributed by atoms with E-state index in [4.69, 9.17) is 9.47 Å². The lowest BCUT2D eigenvalue weighted by Crippen LogP contribution is -2.27. The van der Waals surface area contributed by atoms with Crippen molar-refractivity contribution in [2.45, 2.75) is 33.3 Å². The predicted octanol–water partition coefficient (Wildman–Crippen LogP) is 3.61. The zero-order valence-corrected chi connectivity index (χ0v) is 12.8. The Kier molecular flexibility index (Phi) is 5.96. The monoisotopic (exact) mass is 291 g/mol. The van der Waals surface area contributed by atoms with Crippen LogP contribution in [0.2, 0.25) is 0 Å². The summed E-state index contributed by atoms with van der Waals surface area (Å²) in [6.07, 6.45) is 2.45. The van der Waals surface area contributed by atoms with Gasteiger partial charge in [0, 0.05) is 11.8 Å². The minimum atomic E-state index is -0.550. The number of carbonyl (C=O) groups excluding carboxylic acids is 2. The van der Waals surface area contributed by atoms with Crippen LogP contribution in [0.25, 0.3) is 6.08 Å². The molecular formula is C16H21NO4. The van der Waals surface area contributed by atoms with E-state index in [-0.39, 0.29) is 0 Å². The molecule has 0 bridgehead atoms. The molecule has 0 radical (unpaired) electrons. The molecule has 114 valence electrons. The van der Waals surface area contributed by atoms with Crippen LogP contribution >= 0.6 is 0 Å². The number of hydrogen-bond acceptors (Lipinski definition) is 4. The molecule has 1 aromatic carbocycles. The van der Waals surface area contributed by atoms with Crippen LogP contribution in [0.15, 0.2) is 30.3 Å². The summed E-state index contributed by atoms with van der Waals surface area (Å²) >= 11 is 0. The van der Waals surface area contributed by atoms with Gasteiger partial charge in [0.25, 0.3) is 0 Å². The summed E-state index contributed by atoms with van der Waals surface area (Å²) in [5.74, 6) is -0.400. The summed E-state index contributed by atoms with van der Waals surface area (Å²) in [4.78, 5) is 22.9. The molecule has 1 aromatic rings. The van der Waals surface area contributed by atoms with Gasteiger partial charge >= 0.3 is 12.1 Å². The first kappa shape index (κ1) is 16.8. The summed E-state index contributed by atoms with van der Waals surface area (Å²) in [6.45, 7) is 7.47. The van der Waals surface area contributed by atoms with Crippen molar-refractivity contribution in [1.82, 2.24) is 0 Å². The lowest BCUT2D eigenvalue weighted by Gasteiger charge is -2.19. The molecule has 0 unspecified atom stereocenters. The first-order valence-corrected chi connectivity index (χ1v) is 6.75. The highest BCUT2D eigenvalue weighted by Gasteiger charge is 2.16. The molecule has 0 aliphatic heterocycles. The maximum atomic E-state index is 11.7. The topological polar surface area (TPSA) is 64.6 Å². The van der Waals surface area contributed by atoms with Gasteiger partial charge in [-0.1, -0.05) is 12.1 Å². The lowest BCUT2D eigenvalue weighted by molar-refractivity contribution is -0.137. The van der Waals surface area contributed by atoms with Gasteiger partial charge in [-0.3, -0.25) is 5.32 Å². The zero-order valence-electron chi connectivity index (χ0n) is 12.8. The number of nitrogens with one attached hydrogen (secondary N) is 1. The molecule has 0 aliphatic rings. The summed E-state index contributed by atoms with van der Waals surface area (Å²) in [7, 11) is 0. The van der Waals surface area contributed by atoms with E-state index in [1.807, 2.05) is 6.07 Å². The minimum Gasteiger partial charge on any atom is -0.463 e. The Labute approximate surface area is 124 Å². The molecule has 1 rings (SSSR count). The van der Waals surface area contributed by atoms with Crippen molar-refractivity contribution in [3.63, 3.8) is 0 Å². The maximum absolute atomic E-state index is 11.7. The quantitative estimate of drug-likeness (QED) is 0.680. The number of anilines is 1. The largest absolute Gasteiger partial charge is 0.463 e. The molecule has 0 heterocycles. The predicted molar refractivity (Wildman–Crippen MR) is 82.0 cm³/mol. The summed E-state index contributed by atoms with van der Waals surface area (Å²) in [5.41, 5.74) is 0.817.